The standard InChI is InChI=1S/C8H11ClO/c1-2-8(5-7-10)4-3-6-9/h2,5,7H,1,3-4,6H2/b8-5-. The molecule has 0 saturated heterocycles. The fraction of sp³-hybridized carbons (Fsp3) is 0.375. The van der Waals surface area contributed by atoms with Gasteiger partial charge in [0.25, 0.3) is 0 Å². The molecule has 0 bridgehead atoms. The normalized spacial score (nSPS) is 11.1. The van der Waals surface area contributed by atoms with Crippen LogP contribution >= 0.6 is 11.6 Å². The first-order chi connectivity index (χ1) is 4.85. The molecule has 0 fully saturated rings. The third-order valence-corrected chi connectivity index (χ3v) is 1.41. The molecular formula is C8H11ClO. The molecule has 1 nitrogen and oxygen atoms in total. The summed E-state index contributed by atoms with van der Waals surface area (Å²) in [6.07, 6.45) is 5.70. The highest BCUT2D eigenvalue weighted by Crippen LogP contribution is 2.05. The van der Waals surface area contributed by atoms with Gasteiger partial charge in [-0.25, -0.2) is 0 Å². The van der Waals surface area contributed by atoms with Crippen molar-refractivity contribution in [3.8, 4) is 0 Å². The fourth-order valence-electron chi connectivity index (χ4n) is 0.612. The van der Waals surface area contributed by atoms with E-state index in [0.717, 1.165) is 24.7 Å². The maximum absolute atomic E-state index is 9.98. The summed E-state index contributed by atoms with van der Waals surface area (Å²) < 4.78 is 0. The third kappa shape index (κ3) is 4.33. The van der Waals surface area contributed by atoms with Crippen LogP contribution in [0, 0.1) is 0 Å². The number of carbonyl (C=O) groups is 1. The molecule has 0 aromatic carbocycles. The summed E-state index contributed by atoms with van der Waals surface area (Å²) in [6, 6.07) is 0. The van der Waals surface area contributed by atoms with Gasteiger partial charge in [-0.15, -0.1) is 11.6 Å². The molecule has 10 heavy (non-hydrogen) atoms. The minimum Gasteiger partial charge on any atom is -0.299 e. The van der Waals surface area contributed by atoms with E-state index < -0.39 is 0 Å². The Morgan fingerprint density at radius 2 is 2.30 bits per heavy atom. The van der Waals surface area contributed by atoms with Crippen LogP contribution in [0.15, 0.2) is 24.3 Å². The molecule has 0 atom stereocenters. The van der Waals surface area contributed by atoms with Crippen molar-refractivity contribution in [3.05, 3.63) is 24.3 Å². The van der Waals surface area contributed by atoms with Gasteiger partial charge in [-0.2, -0.15) is 0 Å². The van der Waals surface area contributed by atoms with Crippen LogP contribution in [0.5, 0.6) is 0 Å². The smallest absolute Gasteiger partial charge is 0.143 e. The van der Waals surface area contributed by atoms with Gasteiger partial charge >= 0.3 is 0 Å². The van der Waals surface area contributed by atoms with Gasteiger partial charge < -0.3 is 0 Å². The van der Waals surface area contributed by atoms with Gasteiger partial charge in [0, 0.05) is 5.88 Å². The highest BCUT2D eigenvalue weighted by Gasteiger charge is 1.89. The van der Waals surface area contributed by atoms with E-state index >= 15 is 0 Å². The van der Waals surface area contributed by atoms with E-state index in [1.54, 1.807) is 6.08 Å². The first-order valence-corrected chi connectivity index (χ1v) is 3.71. The predicted molar refractivity (Wildman–Crippen MR) is 44.3 cm³/mol. The van der Waals surface area contributed by atoms with E-state index in [2.05, 4.69) is 6.58 Å². The Morgan fingerprint density at radius 3 is 2.70 bits per heavy atom. The Labute approximate surface area is 66.4 Å². The largest absolute Gasteiger partial charge is 0.299 e. The molecule has 0 rings (SSSR count). The van der Waals surface area contributed by atoms with Gasteiger partial charge in [0.2, 0.25) is 0 Å². The van der Waals surface area contributed by atoms with Gasteiger partial charge in [-0.05, 0) is 24.5 Å². The second-order valence-corrected chi connectivity index (χ2v) is 2.25. The van der Waals surface area contributed by atoms with Crippen molar-refractivity contribution in [2.75, 3.05) is 5.88 Å². The maximum Gasteiger partial charge on any atom is 0.143 e. The van der Waals surface area contributed by atoms with Gasteiger partial charge in [0.1, 0.15) is 6.29 Å². The number of alkyl halides is 1. The molecule has 0 spiro atoms. The van der Waals surface area contributed by atoms with E-state index in [-0.39, 0.29) is 0 Å². The van der Waals surface area contributed by atoms with Crippen LogP contribution in [0.4, 0.5) is 0 Å². The minimum absolute atomic E-state index is 0.629. The second-order valence-electron chi connectivity index (χ2n) is 1.87. The van der Waals surface area contributed by atoms with Gasteiger partial charge in [0.05, 0.1) is 0 Å². The van der Waals surface area contributed by atoms with Crippen molar-refractivity contribution in [1.82, 2.24) is 0 Å². The number of hydrogen-bond donors (Lipinski definition) is 0. The number of allylic oxidation sites excluding steroid dienone is 3. The van der Waals surface area contributed by atoms with Crippen molar-refractivity contribution in [1.29, 1.82) is 0 Å². The minimum atomic E-state index is 0.629. The van der Waals surface area contributed by atoms with Crippen molar-refractivity contribution in [2.24, 2.45) is 0 Å². The lowest BCUT2D eigenvalue weighted by molar-refractivity contribution is -0.104. The van der Waals surface area contributed by atoms with Crippen molar-refractivity contribution in [3.63, 3.8) is 0 Å². The van der Waals surface area contributed by atoms with Crippen molar-refractivity contribution >= 4 is 17.9 Å². The number of hydrogen-bond acceptors (Lipinski definition) is 1. The first-order valence-electron chi connectivity index (χ1n) is 3.18. The zero-order valence-corrected chi connectivity index (χ0v) is 6.60. The molecule has 0 unspecified atom stereocenters. The molecule has 0 aliphatic carbocycles. The van der Waals surface area contributed by atoms with Crippen LogP contribution in [0.25, 0.3) is 0 Å². The summed E-state index contributed by atoms with van der Waals surface area (Å²) in [6.45, 7) is 3.56. The molecule has 0 amide bonds. The van der Waals surface area contributed by atoms with Crippen LogP contribution < -0.4 is 0 Å². The molecule has 0 N–H and O–H groups in total. The summed E-state index contributed by atoms with van der Waals surface area (Å²) in [7, 11) is 0. The molecule has 0 aliphatic rings. The molecular weight excluding hydrogens is 148 g/mol. The zero-order valence-electron chi connectivity index (χ0n) is 5.85. The summed E-state index contributed by atoms with van der Waals surface area (Å²) >= 11 is 5.45. The summed E-state index contributed by atoms with van der Waals surface area (Å²) in [4.78, 5) is 9.98. The Bertz CT molecular complexity index is 138. The first kappa shape index (κ1) is 9.44. The third-order valence-electron chi connectivity index (χ3n) is 1.14. The molecule has 0 aromatic rings. The summed E-state index contributed by atoms with van der Waals surface area (Å²) in [5.74, 6) is 0.629. The van der Waals surface area contributed by atoms with Crippen LogP contribution in [-0.2, 0) is 4.79 Å². The second kappa shape index (κ2) is 6.56. The Morgan fingerprint density at radius 1 is 1.60 bits per heavy atom. The summed E-state index contributed by atoms with van der Waals surface area (Å²) in [5.41, 5.74) is 0.954. The number of aldehydes is 1. The Balaban J connectivity index is 3.70. The van der Waals surface area contributed by atoms with Crippen LogP contribution in [0.2, 0.25) is 0 Å². The molecule has 0 heterocycles. The van der Waals surface area contributed by atoms with E-state index in [9.17, 15) is 4.79 Å². The zero-order chi connectivity index (χ0) is 7.82. The van der Waals surface area contributed by atoms with Gasteiger partial charge in [-0.3, -0.25) is 4.79 Å². The lowest BCUT2D eigenvalue weighted by Gasteiger charge is -1.95. The van der Waals surface area contributed by atoms with E-state index in [4.69, 9.17) is 11.6 Å². The number of halogens is 1. The predicted octanol–water partition coefficient (Wildman–Crippen LogP) is 2.32. The molecule has 2 heteroatoms. The lowest BCUT2D eigenvalue weighted by Crippen LogP contribution is -1.81. The molecule has 0 aromatic heterocycles. The molecule has 0 radical (unpaired) electrons. The van der Waals surface area contributed by atoms with Gasteiger partial charge in [-0.1, -0.05) is 12.7 Å². The molecule has 0 saturated carbocycles. The maximum atomic E-state index is 9.98. The van der Waals surface area contributed by atoms with E-state index in [1.165, 1.54) is 6.08 Å². The van der Waals surface area contributed by atoms with E-state index in [0.29, 0.717) is 5.88 Å². The Hall–Kier alpha value is -0.560. The fourth-order valence-corrected chi connectivity index (χ4v) is 0.745. The van der Waals surface area contributed by atoms with Crippen molar-refractivity contribution < 1.29 is 4.79 Å². The average Bonchev–Trinajstić information content (AvgIpc) is 1.98. The van der Waals surface area contributed by atoms with Crippen molar-refractivity contribution in [2.45, 2.75) is 12.8 Å². The number of carbonyl (C=O) groups excluding carboxylic acids is 1. The topological polar surface area (TPSA) is 17.1 Å². The molecule has 0 aliphatic heterocycles. The monoisotopic (exact) mass is 158 g/mol. The quantitative estimate of drug-likeness (QED) is 0.260. The SMILES string of the molecule is C=C/C(=C/C=O)CCCCl. The van der Waals surface area contributed by atoms with Gasteiger partial charge in [0.15, 0.2) is 0 Å². The average molecular weight is 159 g/mol. The van der Waals surface area contributed by atoms with Crippen LogP contribution in [-0.4, -0.2) is 12.2 Å². The van der Waals surface area contributed by atoms with E-state index in [1.807, 2.05) is 0 Å². The van der Waals surface area contributed by atoms with Crippen LogP contribution in [0.1, 0.15) is 12.8 Å². The van der Waals surface area contributed by atoms with Crippen LogP contribution in [0.3, 0.4) is 0 Å². The lowest BCUT2D eigenvalue weighted by atomic mass is 10.1. The highest BCUT2D eigenvalue weighted by molar-refractivity contribution is 6.17. The number of rotatable bonds is 5. The highest BCUT2D eigenvalue weighted by atomic mass is 35.5. The Kier molecular flexibility index (Phi) is 6.19. The summed E-state index contributed by atoms with van der Waals surface area (Å²) in [5, 5.41) is 0. The molecule has 56 valence electrons.